The molecule has 1 aromatic carbocycles. The molecule has 1 aliphatic carbocycles. The molecule has 0 unspecified atom stereocenters. The Kier molecular flexibility index (Phi) is 4.35. The van der Waals surface area contributed by atoms with Gasteiger partial charge >= 0.3 is 0 Å². The molecule has 8 heteroatoms. The van der Waals surface area contributed by atoms with Gasteiger partial charge in [-0.05, 0) is 29.9 Å². The summed E-state index contributed by atoms with van der Waals surface area (Å²) in [6.07, 6.45) is 3.56. The van der Waals surface area contributed by atoms with Gasteiger partial charge in [0.25, 0.3) is 0 Å². The third-order valence-electron chi connectivity index (χ3n) is 4.93. The molecule has 0 bridgehead atoms. The predicted octanol–water partition coefficient (Wildman–Crippen LogP) is 1.67. The number of benzene rings is 1. The standard InChI is InChI=1S/C17H21N3O4S/c1-25(21,22)20-8-9-23-15(11-20)17-19-18-16(24-17)10-13-7-6-12-4-2-3-5-14(12)13/h2-5,13,15H,6-11H2,1H3/t13-,15-/m0/s1. The summed E-state index contributed by atoms with van der Waals surface area (Å²) in [6.45, 7) is 0.896. The van der Waals surface area contributed by atoms with Crippen molar-refractivity contribution < 1.29 is 17.6 Å². The smallest absolute Gasteiger partial charge is 0.246 e. The number of ether oxygens (including phenoxy) is 1. The Bertz CT molecular complexity index is 864. The maximum Gasteiger partial charge on any atom is 0.246 e. The maximum absolute atomic E-state index is 11.7. The summed E-state index contributed by atoms with van der Waals surface area (Å²) in [6, 6.07) is 8.47. The molecular weight excluding hydrogens is 342 g/mol. The van der Waals surface area contributed by atoms with Gasteiger partial charge in [0.1, 0.15) is 6.10 Å². The quantitative estimate of drug-likeness (QED) is 0.821. The van der Waals surface area contributed by atoms with Gasteiger partial charge in [-0.1, -0.05) is 24.3 Å². The fourth-order valence-corrected chi connectivity index (χ4v) is 4.44. The third-order valence-corrected chi connectivity index (χ3v) is 6.20. The number of sulfonamides is 1. The van der Waals surface area contributed by atoms with E-state index in [9.17, 15) is 8.42 Å². The first-order chi connectivity index (χ1) is 12.0. The van der Waals surface area contributed by atoms with Gasteiger partial charge in [0.15, 0.2) is 0 Å². The highest BCUT2D eigenvalue weighted by molar-refractivity contribution is 7.88. The molecule has 2 aliphatic rings. The number of morpholine rings is 1. The van der Waals surface area contributed by atoms with Gasteiger partial charge < -0.3 is 9.15 Å². The van der Waals surface area contributed by atoms with Crippen LogP contribution in [0.5, 0.6) is 0 Å². The fourth-order valence-electron chi connectivity index (χ4n) is 3.62. The zero-order valence-electron chi connectivity index (χ0n) is 14.1. The molecule has 1 fully saturated rings. The van der Waals surface area contributed by atoms with Gasteiger partial charge in [0.05, 0.1) is 12.9 Å². The van der Waals surface area contributed by atoms with E-state index in [2.05, 4.69) is 34.5 Å². The Morgan fingerprint density at radius 2 is 2.12 bits per heavy atom. The van der Waals surface area contributed by atoms with Crippen LogP contribution >= 0.6 is 0 Å². The molecule has 0 N–H and O–H groups in total. The first kappa shape index (κ1) is 16.7. The number of aryl methyl sites for hydroxylation is 1. The lowest BCUT2D eigenvalue weighted by molar-refractivity contribution is -0.0176. The molecule has 0 saturated carbocycles. The van der Waals surface area contributed by atoms with Crippen LogP contribution in [0.25, 0.3) is 0 Å². The summed E-state index contributed by atoms with van der Waals surface area (Å²) in [4.78, 5) is 0. The molecule has 25 heavy (non-hydrogen) atoms. The number of hydrogen-bond acceptors (Lipinski definition) is 6. The van der Waals surface area contributed by atoms with Crippen molar-refractivity contribution in [3.05, 3.63) is 47.2 Å². The second kappa shape index (κ2) is 6.51. The van der Waals surface area contributed by atoms with Gasteiger partial charge in [0.2, 0.25) is 21.8 Å². The highest BCUT2D eigenvalue weighted by atomic mass is 32.2. The molecule has 2 atom stereocenters. The average molecular weight is 363 g/mol. The summed E-state index contributed by atoms with van der Waals surface area (Å²) in [5.74, 6) is 1.33. The van der Waals surface area contributed by atoms with Gasteiger partial charge in [-0.25, -0.2) is 8.42 Å². The Morgan fingerprint density at radius 3 is 2.96 bits per heavy atom. The molecule has 1 aromatic heterocycles. The van der Waals surface area contributed by atoms with Gasteiger partial charge in [-0.15, -0.1) is 10.2 Å². The predicted molar refractivity (Wildman–Crippen MR) is 90.6 cm³/mol. The summed E-state index contributed by atoms with van der Waals surface area (Å²) in [5.41, 5.74) is 2.76. The monoisotopic (exact) mass is 363 g/mol. The first-order valence-electron chi connectivity index (χ1n) is 8.47. The van der Waals surface area contributed by atoms with E-state index in [1.807, 2.05) is 0 Å². The molecule has 4 rings (SSSR count). The minimum Gasteiger partial charge on any atom is -0.422 e. The van der Waals surface area contributed by atoms with Crippen LogP contribution in [-0.2, 0) is 27.6 Å². The van der Waals surface area contributed by atoms with Gasteiger partial charge in [0, 0.05) is 19.5 Å². The van der Waals surface area contributed by atoms with Crippen molar-refractivity contribution in [2.24, 2.45) is 0 Å². The maximum atomic E-state index is 11.7. The van der Waals surface area contributed by atoms with Crippen molar-refractivity contribution in [3.8, 4) is 0 Å². The van der Waals surface area contributed by atoms with Crippen LogP contribution < -0.4 is 0 Å². The largest absolute Gasteiger partial charge is 0.422 e. The van der Waals surface area contributed by atoms with Gasteiger partial charge in [-0.2, -0.15) is 4.31 Å². The fraction of sp³-hybridized carbons (Fsp3) is 0.529. The molecule has 2 aromatic rings. The summed E-state index contributed by atoms with van der Waals surface area (Å²) >= 11 is 0. The Balaban J connectivity index is 1.46. The number of fused-ring (bicyclic) bond motifs is 1. The van der Waals surface area contributed by atoms with Crippen molar-refractivity contribution in [1.29, 1.82) is 0 Å². The van der Waals surface area contributed by atoms with Gasteiger partial charge in [-0.3, -0.25) is 0 Å². The molecule has 0 amide bonds. The molecule has 7 nitrogen and oxygen atoms in total. The Hall–Kier alpha value is -1.77. The molecule has 0 spiro atoms. The molecular formula is C17H21N3O4S. The highest BCUT2D eigenvalue weighted by Gasteiger charge is 2.31. The van der Waals surface area contributed by atoms with E-state index in [1.165, 1.54) is 21.7 Å². The van der Waals surface area contributed by atoms with Crippen molar-refractivity contribution in [2.45, 2.75) is 31.3 Å². The van der Waals surface area contributed by atoms with Crippen molar-refractivity contribution >= 4 is 10.0 Å². The average Bonchev–Trinajstić information content (AvgIpc) is 3.22. The normalized spacial score (nSPS) is 24.4. The Morgan fingerprint density at radius 1 is 1.28 bits per heavy atom. The zero-order valence-corrected chi connectivity index (χ0v) is 14.9. The number of aromatic nitrogens is 2. The van der Waals surface area contributed by atoms with Crippen LogP contribution in [0.2, 0.25) is 0 Å². The van der Waals surface area contributed by atoms with Crippen LogP contribution in [0.4, 0.5) is 0 Å². The molecule has 134 valence electrons. The van der Waals surface area contributed by atoms with Crippen LogP contribution in [-0.4, -0.2) is 48.9 Å². The lowest BCUT2D eigenvalue weighted by Crippen LogP contribution is -2.41. The van der Waals surface area contributed by atoms with Crippen LogP contribution in [0, 0.1) is 0 Å². The van der Waals surface area contributed by atoms with Crippen LogP contribution in [0.15, 0.2) is 28.7 Å². The molecule has 2 heterocycles. The van der Waals surface area contributed by atoms with Crippen LogP contribution in [0.1, 0.15) is 41.4 Å². The number of hydrogen-bond donors (Lipinski definition) is 0. The lowest BCUT2D eigenvalue weighted by Gasteiger charge is -2.29. The Labute approximate surface area is 147 Å². The summed E-state index contributed by atoms with van der Waals surface area (Å²) < 4.78 is 36.2. The van der Waals surface area contributed by atoms with E-state index >= 15 is 0 Å². The second-order valence-electron chi connectivity index (χ2n) is 6.65. The zero-order chi connectivity index (χ0) is 17.4. The minimum atomic E-state index is -3.25. The molecule has 1 aliphatic heterocycles. The first-order valence-corrected chi connectivity index (χ1v) is 10.3. The topological polar surface area (TPSA) is 85.5 Å². The van der Waals surface area contributed by atoms with E-state index in [4.69, 9.17) is 9.15 Å². The summed E-state index contributed by atoms with van der Waals surface area (Å²) in [5, 5.41) is 8.24. The second-order valence-corrected chi connectivity index (χ2v) is 8.64. The summed E-state index contributed by atoms with van der Waals surface area (Å²) in [7, 11) is -3.25. The van der Waals surface area contributed by atoms with Crippen LogP contribution in [0.3, 0.4) is 0 Å². The highest BCUT2D eigenvalue weighted by Crippen LogP contribution is 2.35. The number of rotatable bonds is 4. The van der Waals surface area contributed by atoms with E-state index in [-0.39, 0.29) is 6.54 Å². The van der Waals surface area contributed by atoms with Crippen molar-refractivity contribution in [3.63, 3.8) is 0 Å². The van der Waals surface area contributed by atoms with E-state index in [0.717, 1.165) is 12.8 Å². The van der Waals surface area contributed by atoms with Crippen molar-refractivity contribution in [2.75, 3.05) is 26.0 Å². The molecule has 1 saturated heterocycles. The van der Waals surface area contributed by atoms with E-state index in [1.54, 1.807) is 0 Å². The lowest BCUT2D eigenvalue weighted by atomic mass is 9.98. The third kappa shape index (κ3) is 3.47. The SMILES string of the molecule is CS(=O)(=O)N1CCO[C@H](c2nnc(C[C@@H]3CCc4ccccc43)o2)C1. The van der Waals surface area contributed by atoms with E-state index in [0.29, 0.717) is 37.3 Å². The van der Waals surface area contributed by atoms with E-state index < -0.39 is 16.1 Å². The molecule has 0 radical (unpaired) electrons. The van der Waals surface area contributed by atoms with Crippen molar-refractivity contribution in [1.82, 2.24) is 14.5 Å². The minimum absolute atomic E-state index is 0.215. The number of nitrogens with zero attached hydrogens (tertiary/aromatic N) is 3.